The molecule has 21 heavy (non-hydrogen) atoms. The zero-order valence-corrected chi connectivity index (χ0v) is 13.7. The van der Waals surface area contributed by atoms with E-state index >= 15 is 0 Å². The van der Waals surface area contributed by atoms with Crippen LogP contribution in [0.15, 0.2) is 24.3 Å². The summed E-state index contributed by atoms with van der Waals surface area (Å²) < 4.78 is 13.0. The number of alkyl halides is 1. The molecule has 0 radical (unpaired) electrons. The lowest BCUT2D eigenvalue weighted by Crippen LogP contribution is -2.54. The number of halogens is 2. The van der Waals surface area contributed by atoms with E-state index in [0.717, 1.165) is 24.9 Å². The molecule has 1 saturated heterocycles. The van der Waals surface area contributed by atoms with Gasteiger partial charge in [-0.2, -0.15) is 0 Å². The maximum atomic E-state index is 13.0. The lowest BCUT2D eigenvalue weighted by Gasteiger charge is -2.48. The van der Waals surface area contributed by atoms with Crippen LogP contribution >= 0.6 is 11.6 Å². The Hall–Kier alpha value is -1.09. The predicted octanol–water partition coefficient (Wildman–Crippen LogP) is 3.87. The van der Waals surface area contributed by atoms with Crippen LogP contribution < -0.4 is 0 Å². The number of hydrogen-bond donors (Lipinski definition) is 0. The molecule has 0 bridgehead atoms. The number of hydrogen-bond acceptors (Lipinski definition) is 1. The molecule has 1 aromatic rings. The molecule has 0 saturated carbocycles. The summed E-state index contributed by atoms with van der Waals surface area (Å²) in [6, 6.07) is 6.68. The van der Waals surface area contributed by atoms with E-state index in [1.54, 1.807) is 12.1 Å². The predicted molar refractivity (Wildman–Crippen MR) is 83.9 cm³/mol. The summed E-state index contributed by atoms with van der Waals surface area (Å²) in [5.41, 5.74) is 1.15. The van der Waals surface area contributed by atoms with Gasteiger partial charge in [0.05, 0.1) is 0 Å². The molecule has 1 heterocycles. The third-order valence-electron chi connectivity index (χ3n) is 4.80. The lowest BCUT2D eigenvalue weighted by molar-refractivity contribution is -0.136. The summed E-state index contributed by atoms with van der Waals surface area (Å²) in [6.07, 6.45) is 1.70. The third-order valence-corrected chi connectivity index (χ3v) is 5.03. The van der Waals surface area contributed by atoms with Gasteiger partial charge in [-0.3, -0.25) is 4.79 Å². The lowest BCUT2D eigenvalue weighted by atomic mass is 9.72. The van der Waals surface area contributed by atoms with E-state index in [1.807, 2.05) is 4.90 Å². The Morgan fingerprint density at radius 2 is 2.00 bits per heavy atom. The first-order chi connectivity index (χ1) is 9.83. The average molecular weight is 312 g/mol. The molecule has 116 valence electrons. The number of nitrogens with zero attached hydrogens (tertiary/aromatic N) is 1. The smallest absolute Gasteiger partial charge is 0.237 e. The van der Waals surface area contributed by atoms with Crippen molar-refractivity contribution in [2.45, 2.75) is 39.7 Å². The van der Waals surface area contributed by atoms with E-state index in [4.69, 9.17) is 11.6 Å². The summed E-state index contributed by atoms with van der Waals surface area (Å²) in [7, 11) is 0. The van der Waals surface area contributed by atoms with Gasteiger partial charge in [-0.15, -0.1) is 11.6 Å². The molecule has 4 heteroatoms. The first-order valence-electron chi connectivity index (χ1n) is 7.43. The van der Waals surface area contributed by atoms with Gasteiger partial charge >= 0.3 is 0 Å². The molecule has 2 rings (SSSR count). The highest BCUT2D eigenvalue weighted by Gasteiger charge is 2.39. The number of carbonyl (C=O) groups excluding carboxylic acids is 1. The fourth-order valence-electron chi connectivity index (χ4n) is 3.03. The van der Waals surface area contributed by atoms with Crippen molar-refractivity contribution in [2.24, 2.45) is 11.3 Å². The molecule has 2 atom stereocenters. The highest BCUT2D eigenvalue weighted by atomic mass is 35.5. The minimum Gasteiger partial charge on any atom is -0.338 e. The molecule has 0 aliphatic carbocycles. The van der Waals surface area contributed by atoms with Crippen LogP contribution in [0.5, 0.6) is 0 Å². The van der Waals surface area contributed by atoms with Gasteiger partial charge in [0, 0.05) is 12.6 Å². The van der Waals surface area contributed by atoms with Gasteiger partial charge in [0.1, 0.15) is 11.7 Å². The summed E-state index contributed by atoms with van der Waals surface area (Å²) in [4.78, 5) is 14.1. The number of rotatable bonds is 3. The molecule has 1 aliphatic heterocycles. The molecule has 0 spiro atoms. The normalized spacial score (nSPS) is 24.9. The summed E-state index contributed by atoms with van der Waals surface area (Å²) in [6.45, 7) is 7.35. The van der Waals surface area contributed by atoms with Crippen molar-refractivity contribution in [2.75, 3.05) is 12.4 Å². The molecular weight excluding hydrogens is 289 g/mol. The summed E-state index contributed by atoms with van der Waals surface area (Å²) >= 11 is 5.76. The van der Waals surface area contributed by atoms with Gasteiger partial charge in [-0.25, -0.2) is 4.39 Å². The van der Waals surface area contributed by atoms with Gasteiger partial charge in [0.25, 0.3) is 0 Å². The molecular formula is C17H23ClFNO. The number of carbonyl (C=O) groups is 1. The number of amides is 1. The minimum absolute atomic E-state index is 0.0104. The molecule has 2 unspecified atom stereocenters. The van der Waals surface area contributed by atoms with Crippen LogP contribution in [0.4, 0.5) is 4.39 Å². The highest BCUT2D eigenvalue weighted by molar-refractivity contribution is 6.27. The van der Waals surface area contributed by atoms with Crippen molar-refractivity contribution < 1.29 is 9.18 Å². The Morgan fingerprint density at radius 1 is 1.38 bits per heavy atom. The fourth-order valence-corrected chi connectivity index (χ4v) is 3.19. The molecule has 1 amide bonds. The topological polar surface area (TPSA) is 20.3 Å². The van der Waals surface area contributed by atoms with Crippen LogP contribution in [-0.4, -0.2) is 29.3 Å². The molecule has 1 aliphatic rings. The molecule has 1 fully saturated rings. The van der Waals surface area contributed by atoms with Crippen molar-refractivity contribution >= 4 is 17.5 Å². The first kappa shape index (κ1) is 16.3. The molecule has 0 aromatic heterocycles. The summed E-state index contributed by atoms with van der Waals surface area (Å²) in [5.74, 6) is 0.307. The fraction of sp³-hybridized carbons (Fsp3) is 0.588. The third kappa shape index (κ3) is 3.76. The number of benzene rings is 1. The Kier molecular flexibility index (Phi) is 4.92. The van der Waals surface area contributed by atoms with Gasteiger partial charge in [-0.05, 0) is 41.9 Å². The monoisotopic (exact) mass is 311 g/mol. The van der Waals surface area contributed by atoms with Gasteiger partial charge < -0.3 is 4.90 Å². The maximum absolute atomic E-state index is 13.0. The Balaban J connectivity index is 2.18. The van der Waals surface area contributed by atoms with E-state index < -0.39 is 0 Å². The van der Waals surface area contributed by atoms with Crippen LogP contribution in [0.2, 0.25) is 0 Å². The molecule has 0 N–H and O–H groups in total. The number of likely N-dealkylation sites (tertiary alicyclic amines) is 1. The van der Waals surface area contributed by atoms with E-state index in [9.17, 15) is 9.18 Å². The van der Waals surface area contributed by atoms with Gasteiger partial charge in [0.2, 0.25) is 5.91 Å². The second kappa shape index (κ2) is 6.35. The SMILES string of the molecule is CC1CC(Cc2ccc(F)cc2)N(C(=O)CCl)CC1(C)C. The van der Waals surface area contributed by atoms with Crippen molar-refractivity contribution in [1.29, 1.82) is 0 Å². The Labute approximate surface area is 131 Å². The Bertz CT molecular complexity index is 500. The van der Waals surface area contributed by atoms with Crippen LogP contribution in [0.3, 0.4) is 0 Å². The minimum atomic E-state index is -0.231. The van der Waals surface area contributed by atoms with E-state index in [-0.39, 0.29) is 29.1 Å². The van der Waals surface area contributed by atoms with Crippen LogP contribution in [0, 0.1) is 17.2 Å². The quantitative estimate of drug-likeness (QED) is 0.776. The number of piperidine rings is 1. The Morgan fingerprint density at radius 3 is 2.57 bits per heavy atom. The summed E-state index contributed by atoms with van der Waals surface area (Å²) in [5, 5.41) is 0. The van der Waals surface area contributed by atoms with E-state index in [2.05, 4.69) is 20.8 Å². The zero-order valence-electron chi connectivity index (χ0n) is 12.9. The van der Waals surface area contributed by atoms with Crippen LogP contribution in [0.1, 0.15) is 32.8 Å². The van der Waals surface area contributed by atoms with Crippen molar-refractivity contribution in [1.82, 2.24) is 4.90 Å². The van der Waals surface area contributed by atoms with E-state index in [1.165, 1.54) is 12.1 Å². The van der Waals surface area contributed by atoms with Crippen LogP contribution in [-0.2, 0) is 11.2 Å². The first-order valence-corrected chi connectivity index (χ1v) is 7.97. The second-order valence-corrected chi connectivity index (χ2v) is 7.03. The van der Waals surface area contributed by atoms with Crippen molar-refractivity contribution in [3.8, 4) is 0 Å². The molecule has 1 aromatic carbocycles. The molecule has 2 nitrogen and oxygen atoms in total. The maximum Gasteiger partial charge on any atom is 0.237 e. The van der Waals surface area contributed by atoms with Gasteiger partial charge in [-0.1, -0.05) is 32.9 Å². The largest absolute Gasteiger partial charge is 0.338 e. The average Bonchev–Trinajstić information content (AvgIpc) is 2.44. The standard InChI is InChI=1S/C17H23ClFNO/c1-12-8-15(9-13-4-6-14(19)7-5-13)20(16(21)10-18)11-17(12,2)3/h4-7,12,15H,8-11H2,1-3H3. The second-order valence-electron chi connectivity index (χ2n) is 6.77. The zero-order chi connectivity index (χ0) is 15.6. The van der Waals surface area contributed by atoms with Crippen molar-refractivity contribution in [3.05, 3.63) is 35.6 Å². The highest BCUT2D eigenvalue weighted by Crippen LogP contribution is 2.38. The van der Waals surface area contributed by atoms with Crippen molar-refractivity contribution in [3.63, 3.8) is 0 Å². The van der Waals surface area contributed by atoms with Gasteiger partial charge in [0.15, 0.2) is 0 Å². The van der Waals surface area contributed by atoms with Crippen LogP contribution in [0.25, 0.3) is 0 Å². The van der Waals surface area contributed by atoms with E-state index in [0.29, 0.717) is 5.92 Å².